The highest BCUT2D eigenvalue weighted by Crippen LogP contribution is 2.13. The molecule has 2 aromatic rings. The highest BCUT2D eigenvalue weighted by Gasteiger charge is 2.01. The van der Waals surface area contributed by atoms with Gasteiger partial charge in [-0.15, -0.1) is 0 Å². The van der Waals surface area contributed by atoms with Crippen LogP contribution in [0.15, 0.2) is 18.3 Å². The molecule has 0 aliphatic heterocycles. The SMILES string of the molecule is Cc1cc(-c2ccnc(C)n2)[nH]n1. The Morgan fingerprint density at radius 3 is 2.77 bits per heavy atom. The summed E-state index contributed by atoms with van der Waals surface area (Å²) in [4.78, 5) is 8.30. The van der Waals surface area contributed by atoms with Crippen molar-refractivity contribution in [1.29, 1.82) is 0 Å². The van der Waals surface area contributed by atoms with E-state index in [0.29, 0.717) is 0 Å². The predicted molar refractivity (Wildman–Crippen MR) is 49.1 cm³/mol. The maximum Gasteiger partial charge on any atom is 0.125 e. The van der Waals surface area contributed by atoms with Gasteiger partial charge in [0.15, 0.2) is 0 Å². The molecule has 13 heavy (non-hydrogen) atoms. The van der Waals surface area contributed by atoms with Gasteiger partial charge in [0.05, 0.1) is 17.1 Å². The summed E-state index contributed by atoms with van der Waals surface area (Å²) < 4.78 is 0. The zero-order valence-corrected chi connectivity index (χ0v) is 7.57. The van der Waals surface area contributed by atoms with Crippen LogP contribution in [0.4, 0.5) is 0 Å². The van der Waals surface area contributed by atoms with Crippen molar-refractivity contribution in [2.24, 2.45) is 0 Å². The number of hydrogen-bond acceptors (Lipinski definition) is 3. The molecule has 0 spiro atoms. The van der Waals surface area contributed by atoms with Crippen LogP contribution in [0.3, 0.4) is 0 Å². The Bertz CT molecular complexity index is 419. The summed E-state index contributed by atoms with van der Waals surface area (Å²) in [6, 6.07) is 3.82. The minimum atomic E-state index is 0.768. The summed E-state index contributed by atoms with van der Waals surface area (Å²) in [5, 5.41) is 6.95. The van der Waals surface area contributed by atoms with Crippen molar-refractivity contribution in [3.8, 4) is 11.4 Å². The lowest BCUT2D eigenvalue weighted by atomic mass is 10.3. The number of H-pyrrole nitrogens is 1. The second kappa shape index (κ2) is 2.97. The molecule has 0 fully saturated rings. The highest BCUT2D eigenvalue weighted by atomic mass is 15.1. The van der Waals surface area contributed by atoms with Gasteiger partial charge in [-0.05, 0) is 26.0 Å². The lowest BCUT2D eigenvalue weighted by Gasteiger charge is -1.95. The fraction of sp³-hybridized carbons (Fsp3) is 0.222. The first kappa shape index (κ1) is 7.91. The minimum Gasteiger partial charge on any atom is -0.276 e. The van der Waals surface area contributed by atoms with Gasteiger partial charge in [0.2, 0.25) is 0 Å². The number of hydrogen-bond donors (Lipinski definition) is 1. The molecule has 1 N–H and O–H groups in total. The third-order valence-corrected chi connectivity index (χ3v) is 1.76. The Balaban J connectivity index is 2.46. The van der Waals surface area contributed by atoms with Gasteiger partial charge in [0.1, 0.15) is 5.82 Å². The maximum absolute atomic E-state index is 4.27. The molecule has 2 aromatic heterocycles. The van der Waals surface area contributed by atoms with E-state index >= 15 is 0 Å². The first-order valence-corrected chi connectivity index (χ1v) is 4.08. The normalized spacial score (nSPS) is 10.3. The molecule has 66 valence electrons. The molecule has 0 saturated heterocycles. The van der Waals surface area contributed by atoms with Crippen molar-refractivity contribution in [1.82, 2.24) is 20.2 Å². The average molecular weight is 174 g/mol. The van der Waals surface area contributed by atoms with Crippen LogP contribution < -0.4 is 0 Å². The van der Waals surface area contributed by atoms with E-state index in [0.717, 1.165) is 22.9 Å². The smallest absolute Gasteiger partial charge is 0.125 e. The first-order chi connectivity index (χ1) is 6.25. The van der Waals surface area contributed by atoms with Crippen molar-refractivity contribution in [3.63, 3.8) is 0 Å². The number of nitrogens with one attached hydrogen (secondary N) is 1. The van der Waals surface area contributed by atoms with Crippen LogP contribution in [0.5, 0.6) is 0 Å². The van der Waals surface area contributed by atoms with E-state index in [1.165, 1.54) is 0 Å². The lowest BCUT2D eigenvalue weighted by molar-refractivity contribution is 1.02. The topological polar surface area (TPSA) is 54.5 Å². The molecule has 0 atom stereocenters. The van der Waals surface area contributed by atoms with Gasteiger partial charge in [0, 0.05) is 6.20 Å². The molecule has 2 rings (SSSR count). The Kier molecular flexibility index (Phi) is 1.81. The highest BCUT2D eigenvalue weighted by molar-refractivity contribution is 5.53. The van der Waals surface area contributed by atoms with E-state index in [1.54, 1.807) is 6.20 Å². The van der Waals surface area contributed by atoms with Crippen LogP contribution in [-0.4, -0.2) is 20.2 Å². The summed E-state index contributed by atoms with van der Waals surface area (Å²) in [6.45, 7) is 3.81. The molecular weight excluding hydrogens is 164 g/mol. The molecule has 0 aromatic carbocycles. The lowest BCUT2D eigenvalue weighted by Crippen LogP contribution is -1.89. The zero-order valence-electron chi connectivity index (χ0n) is 7.57. The summed E-state index contributed by atoms with van der Waals surface area (Å²) >= 11 is 0. The van der Waals surface area contributed by atoms with E-state index in [-0.39, 0.29) is 0 Å². The molecule has 4 heteroatoms. The minimum absolute atomic E-state index is 0.768. The molecule has 4 nitrogen and oxygen atoms in total. The summed E-state index contributed by atoms with van der Waals surface area (Å²) in [6.07, 6.45) is 1.74. The van der Waals surface area contributed by atoms with Crippen molar-refractivity contribution in [2.75, 3.05) is 0 Å². The van der Waals surface area contributed by atoms with Gasteiger partial charge >= 0.3 is 0 Å². The second-order valence-corrected chi connectivity index (χ2v) is 2.91. The summed E-state index contributed by atoms with van der Waals surface area (Å²) in [5.74, 6) is 0.768. The summed E-state index contributed by atoms with van der Waals surface area (Å²) in [5.41, 5.74) is 2.78. The molecule has 0 aliphatic rings. The van der Waals surface area contributed by atoms with Crippen LogP contribution in [-0.2, 0) is 0 Å². The Labute approximate surface area is 76.1 Å². The predicted octanol–water partition coefficient (Wildman–Crippen LogP) is 1.48. The van der Waals surface area contributed by atoms with Crippen molar-refractivity contribution in [2.45, 2.75) is 13.8 Å². The van der Waals surface area contributed by atoms with E-state index in [2.05, 4.69) is 20.2 Å². The van der Waals surface area contributed by atoms with Crippen LogP contribution in [0, 0.1) is 13.8 Å². The van der Waals surface area contributed by atoms with Gasteiger partial charge < -0.3 is 0 Å². The third kappa shape index (κ3) is 1.56. The van der Waals surface area contributed by atoms with E-state index in [9.17, 15) is 0 Å². The molecule has 0 radical (unpaired) electrons. The van der Waals surface area contributed by atoms with Gasteiger partial charge in [-0.1, -0.05) is 0 Å². The van der Waals surface area contributed by atoms with Gasteiger partial charge in [0.25, 0.3) is 0 Å². The molecule has 0 bridgehead atoms. The molecule has 0 saturated carbocycles. The van der Waals surface area contributed by atoms with E-state index in [1.807, 2.05) is 26.0 Å². The second-order valence-electron chi connectivity index (χ2n) is 2.91. The Morgan fingerprint density at radius 1 is 1.31 bits per heavy atom. The van der Waals surface area contributed by atoms with Crippen LogP contribution in [0.25, 0.3) is 11.4 Å². The molecule has 0 amide bonds. The van der Waals surface area contributed by atoms with Gasteiger partial charge in [-0.2, -0.15) is 5.10 Å². The van der Waals surface area contributed by atoms with Gasteiger partial charge in [-0.3, -0.25) is 5.10 Å². The fourth-order valence-electron chi connectivity index (χ4n) is 1.16. The zero-order chi connectivity index (χ0) is 9.26. The number of nitrogens with zero attached hydrogens (tertiary/aromatic N) is 3. The van der Waals surface area contributed by atoms with Crippen molar-refractivity contribution in [3.05, 3.63) is 29.8 Å². The number of aromatic nitrogens is 4. The van der Waals surface area contributed by atoms with E-state index in [4.69, 9.17) is 0 Å². The van der Waals surface area contributed by atoms with Crippen molar-refractivity contribution < 1.29 is 0 Å². The quantitative estimate of drug-likeness (QED) is 0.712. The standard InChI is InChI=1S/C9H10N4/c1-6-5-9(13-12-6)8-3-4-10-7(2)11-8/h3-5H,1-2H3,(H,12,13). The molecule has 0 unspecified atom stereocenters. The fourth-order valence-corrected chi connectivity index (χ4v) is 1.16. The third-order valence-electron chi connectivity index (χ3n) is 1.76. The summed E-state index contributed by atoms with van der Waals surface area (Å²) in [7, 11) is 0. The molecule has 2 heterocycles. The Morgan fingerprint density at radius 2 is 2.15 bits per heavy atom. The van der Waals surface area contributed by atoms with Crippen molar-refractivity contribution >= 4 is 0 Å². The van der Waals surface area contributed by atoms with Crippen LogP contribution in [0.1, 0.15) is 11.5 Å². The van der Waals surface area contributed by atoms with Crippen LogP contribution >= 0.6 is 0 Å². The monoisotopic (exact) mass is 174 g/mol. The van der Waals surface area contributed by atoms with Crippen LogP contribution in [0.2, 0.25) is 0 Å². The first-order valence-electron chi connectivity index (χ1n) is 4.08. The number of aryl methyl sites for hydroxylation is 2. The van der Waals surface area contributed by atoms with E-state index < -0.39 is 0 Å². The average Bonchev–Trinajstić information content (AvgIpc) is 2.52. The maximum atomic E-state index is 4.27. The van der Waals surface area contributed by atoms with Gasteiger partial charge in [-0.25, -0.2) is 9.97 Å². The molecular formula is C9H10N4. The number of rotatable bonds is 1. The molecule has 0 aliphatic carbocycles. The largest absolute Gasteiger partial charge is 0.276 e. The number of aromatic amines is 1. The Hall–Kier alpha value is -1.71.